The molecule has 1 aromatic rings. The molecule has 1 aromatic carbocycles. The maximum atomic E-state index is 11.4. The summed E-state index contributed by atoms with van der Waals surface area (Å²) in [5.41, 5.74) is 1.17. The van der Waals surface area contributed by atoms with E-state index in [1.165, 1.54) is 6.92 Å². The van der Waals surface area contributed by atoms with E-state index in [1.54, 1.807) is 0 Å². The minimum atomic E-state index is -0.489. The summed E-state index contributed by atoms with van der Waals surface area (Å²) in [6.45, 7) is 7.97. The molecule has 0 spiro atoms. The van der Waals surface area contributed by atoms with Gasteiger partial charge in [0.1, 0.15) is 5.60 Å². The lowest BCUT2D eigenvalue weighted by molar-refractivity contribution is -0.114. The molecule has 0 radical (unpaired) electrons. The largest absolute Gasteiger partial charge is 0.444 e. The SMILES string of the molecule is CC(=O)Nc1ccc(NCCNC(=O)OC(C)(C)C)cc1. The van der Waals surface area contributed by atoms with Crippen LogP contribution in [0.15, 0.2) is 24.3 Å². The van der Waals surface area contributed by atoms with Crippen molar-refractivity contribution >= 4 is 23.4 Å². The predicted molar refractivity (Wildman–Crippen MR) is 83.5 cm³/mol. The summed E-state index contributed by atoms with van der Waals surface area (Å²) in [6, 6.07) is 7.34. The maximum Gasteiger partial charge on any atom is 0.407 e. The van der Waals surface area contributed by atoms with Gasteiger partial charge in [0.25, 0.3) is 0 Å². The normalized spacial score (nSPS) is 10.7. The van der Waals surface area contributed by atoms with Gasteiger partial charge in [-0.1, -0.05) is 0 Å². The van der Waals surface area contributed by atoms with Crippen LogP contribution in [0.1, 0.15) is 27.7 Å². The molecule has 0 bridgehead atoms. The van der Waals surface area contributed by atoms with Crippen LogP contribution in [0.2, 0.25) is 0 Å². The lowest BCUT2D eigenvalue weighted by atomic mass is 10.2. The van der Waals surface area contributed by atoms with Gasteiger partial charge < -0.3 is 20.7 Å². The lowest BCUT2D eigenvalue weighted by Gasteiger charge is -2.19. The monoisotopic (exact) mass is 293 g/mol. The second kappa shape index (κ2) is 7.52. The number of amides is 2. The van der Waals surface area contributed by atoms with Crippen molar-refractivity contribution in [2.24, 2.45) is 0 Å². The van der Waals surface area contributed by atoms with Crippen LogP contribution in [0.3, 0.4) is 0 Å². The smallest absolute Gasteiger partial charge is 0.407 e. The van der Waals surface area contributed by atoms with E-state index in [9.17, 15) is 9.59 Å². The van der Waals surface area contributed by atoms with Gasteiger partial charge in [0, 0.05) is 31.4 Å². The Balaban J connectivity index is 2.27. The molecule has 2 amide bonds. The third kappa shape index (κ3) is 7.81. The molecule has 3 N–H and O–H groups in total. The van der Waals surface area contributed by atoms with Gasteiger partial charge in [-0.3, -0.25) is 4.79 Å². The van der Waals surface area contributed by atoms with Crippen LogP contribution in [-0.4, -0.2) is 30.7 Å². The molecule has 0 atom stereocenters. The van der Waals surface area contributed by atoms with Crippen molar-refractivity contribution in [1.82, 2.24) is 5.32 Å². The fourth-order valence-corrected chi connectivity index (χ4v) is 1.56. The van der Waals surface area contributed by atoms with Crippen LogP contribution in [0.4, 0.5) is 16.2 Å². The van der Waals surface area contributed by atoms with E-state index in [-0.39, 0.29) is 5.91 Å². The third-order valence-corrected chi connectivity index (χ3v) is 2.33. The molecule has 116 valence electrons. The molecule has 0 saturated carbocycles. The van der Waals surface area contributed by atoms with Crippen LogP contribution in [0, 0.1) is 0 Å². The van der Waals surface area contributed by atoms with Gasteiger partial charge in [-0.05, 0) is 45.0 Å². The van der Waals surface area contributed by atoms with Gasteiger partial charge >= 0.3 is 6.09 Å². The molecular formula is C15H23N3O3. The van der Waals surface area contributed by atoms with E-state index >= 15 is 0 Å². The number of carbonyl (C=O) groups excluding carboxylic acids is 2. The van der Waals surface area contributed by atoms with E-state index in [0.717, 1.165) is 11.4 Å². The first kappa shape index (κ1) is 16.8. The summed E-state index contributed by atoms with van der Waals surface area (Å²) >= 11 is 0. The Morgan fingerprint density at radius 3 is 2.14 bits per heavy atom. The average Bonchev–Trinajstić information content (AvgIpc) is 2.34. The number of rotatable bonds is 5. The van der Waals surface area contributed by atoms with Crippen molar-refractivity contribution in [2.45, 2.75) is 33.3 Å². The zero-order chi connectivity index (χ0) is 15.9. The molecule has 6 heteroatoms. The third-order valence-electron chi connectivity index (χ3n) is 2.33. The van der Waals surface area contributed by atoms with Crippen molar-refractivity contribution in [3.05, 3.63) is 24.3 Å². The first-order valence-corrected chi connectivity index (χ1v) is 6.84. The minimum absolute atomic E-state index is 0.0998. The Kier molecular flexibility index (Phi) is 6.02. The summed E-state index contributed by atoms with van der Waals surface area (Å²) in [6.07, 6.45) is -0.426. The number of anilines is 2. The molecule has 6 nitrogen and oxygen atoms in total. The summed E-state index contributed by atoms with van der Waals surface area (Å²) in [7, 11) is 0. The number of hydrogen-bond donors (Lipinski definition) is 3. The van der Waals surface area contributed by atoms with E-state index in [0.29, 0.717) is 13.1 Å². The summed E-state index contributed by atoms with van der Waals surface area (Å²) in [5.74, 6) is -0.0998. The summed E-state index contributed by atoms with van der Waals surface area (Å²) < 4.78 is 5.12. The molecule has 21 heavy (non-hydrogen) atoms. The molecular weight excluding hydrogens is 270 g/mol. The Hall–Kier alpha value is -2.24. The number of nitrogens with one attached hydrogen (secondary N) is 3. The van der Waals surface area contributed by atoms with Crippen molar-refractivity contribution in [1.29, 1.82) is 0 Å². The Morgan fingerprint density at radius 1 is 1.05 bits per heavy atom. The van der Waals surface area contributed by atoms with Crippen LogP contribution in [-0.2, 0) is 9.53 Å². The number of carbonyl (C=O) groups is 2. The van der Waals surface area contributed by atoms with E-state index in [4.69, 9.17) is 4.74 Å². The van der Waals surface area contributed by atoms with Crippen LogP contribution >= 0.6 is 0 Å². The van der Waals surface area contributed by atoms with Crippen molar-refractivity contribution in [3.8, 4) is 0 Å². The number of ether oxygens (including phenoxy) is 1. The molecule has 0 unspecified atom stereocenters. The average molecular weight is 293 g/mol. The molecule has 0 heterocycles. The molecule has 0 aromatic heterocycles. The quantitative estimate of drug-likeness (QED) is 0.729. The van der Waals surface area contributed by atoms with Gasteiger partial charge in [-0.25, -0.2) is 4.79 Å². The second-order valence-electron chi connectivity index (χ2n) is 5.61. The zero-order valence-corrected chi connectivity index (χ0v) is 12.9. The van der Waals surface area contributed by atoms with Crippen LogP contribution in [0.5, 0.6) is 0 Å². The molecule has 0 aliphatic rings. The number of hydrogen-bond acceptors (Lipinski definition) is 4. The van der Waals surface area contributed by atoms with Crippen molar-refractivity contribution in [2.75, 3.05) is 23.7 Å². The number of benzene rings is 1. The van der Waals surface area contributed by atoms with Gasteiger partial charge in [0.2, 0.25) is 5.91 Å². The standard InChI is InChI=1S/C15H23N3O3/c1-11(19)18-13-7-5-12(6-8-13)16-9-10-17-14(20)21-15(2,3)4/h5-8,16H,9-10H2,1-4H3,(H,17,20)(H,18,19). The highest BCUT2D eigenvalue weighted by Gasteiger charge is 2.15. The summed E-state index contributed by atoms with van der Waals surface area (Å²) in [4.78, 5) is 22.3. The van der Waals surface area contributed by atoms with E-state index in [2.05, 4.69) is 16.0 Å². The fourth-order valence-electron chi connectivity index (χ4n) is 1.56. The van der Waals surface area contributed by atoms with Crippen LogP contribution < -0.4 is 16.0 Å². The van der Waals surface area contributed by atoms with Crippen LogP contribution in [0.25, 0.3) is 0 Å². The zero-order valence-electron chi connectivity index (χ0n) is 12.9. The van der Waals surface area contributed by atoms with Crippen molar-refractivity contribution in [3.63, 3.8) is 0 Å². The molecule has 0 aliphatic heterocycles. The Morgan fingerprint density at radius 2 is 1.62 bits per heavy atom. The molecule has 0 saturated heterocycles. The maximum absolute atomic E-state index is 11.4. The number of alkyl carbamates (subject to hydrolysis) is 1. The highest BCUT2D eigenvalue weighted by atomic mass is 16.6. The Bertz CT molecular complexity index is 478. The van der Waals surface area contributed by atoms with E-state index < -0.39 is 11.7 Å². The first-order chi connectivity index (χ1) is 9.76. The highest BCUT2D eigenvalue weighted by Crippen LogP contribution is 2.13. The fraction of sp³-hybridized carbons (Fsp3) is 0.467. The first-order valence-electron chi connectivity index (χ1n) is 6.84. The minimum Gasteiger partial charge on any atom is -0.444 e. The summed E-state index contributed by atoms with van der Waals surface area (Å²) in [5, 5.41) is 8.52. The molecule has 0 fully saturated rings. The second-order valence-corrected chi connectivity index (χ2v) is 5.61. The Labute approximate surface area is 125 Å². The van der Waals surface area contributed by atoms with Gasteiger partial charge in [0.15, 0.2) is 0 Å². The molecule has 0 aliphatic carbocycles. The molecule has 1 rings (SSSR count). The highest BCUT2D eigenvalue weighted by molar-refractivity contribution is 5.88. The topological polar surface area (TPSA) is 79.5 Å². The van der Waals surface area contributed by atoms with Gasteiger partial charge in [-0.15, -0.1) is 0 Å². The lowest BCUT2D eigenvalue weighted by Crippen LogP contribution is -2.34. The predicted octanol–water partition coefficient (Wildman–Crippen LogP) is 2.58. The van der Waals surface area contributed by atoms with Gasteiger partial charge in [-0.2, -0.15) is 0 Å². The van der Waals surface area contributed by atoms with Crippen molar-refractivity contribution < 1.29 is 14.3 Å². The van der Waals surface area contributed by atoms with Gasteiger partial charge in [0.05, 0.1) is 0 Å². The van der Waals surface area contributed by atoms with E-state index in [1.807, 2.05) is 45.0 Å².